The lowest BCUT2D eigenvalue weighted by Crippen LogP contribution is -2.20. The summed E-state index contributed by atoms with van der Waals surface area (Å²) < 4.78 is 77.7. The smallest absolute Gasteiger partial charge is 0.279 e. The van der Waals surface area contributed by atoms with E-state index < -0.39 is 34.8 Å². The molecule has 9 heteroatoms. The minimum atomic E-state index is -4.75. The van der Waals surface area contributed by atoms with E-state index in [1.54, 1.807) is 0 Å². The Balaban J connectivity index is 2.80. The van der Waals surface area contributed by atoms with E-state index in [0.29, 0.717) is 16.8 Å². The highest BCUT2D eigenvalue weighted by atomic mass is 19.4. The molecule has 0 N–H and O–H groups in total. The summed E-state index contributed by atoms with van der Waals surface area (Å²) in [4.78, 5) is 6.77. The Bertz CT molecular complexity index is 675. The number of hydrogen-bond donors (Lipinski definition) is 0. The Kier molecular flexibility index (Phi) is 3.23. The minimum absolute atomic E-state index is 0.323. The molecule has 0 atom stereocenters. The Hall–Kier alpha value is -1.80. The van der Waals surface area contributed by atoms with E-state index in [1.165, 1.54) is 20.8 Å². The number of alkyl halides is 6. The Morgan fingerprint density at radius 1 is 0.952 bits per heavy atom. The van der Waals surface area contributed by atoms with Crippen LogP contribution in [0.25, 0.3) is 5.65 Å². The van der Waals surface area contributed by atoms with Gasteiger partial charge in [0.15, 0.2) is 5.69 Å². The molecule has 2 aromatic heterocycles. The molecule has 0 aliphatic rings. The molecule has 0 bridgehead atoms. The second-order valence-corrected chi connectivity index (χ2v) is 5.56. The largest absolute Gasteiger partial charge is 0.433 e. The van der Waals surface area contributed by atoms with Crippen molar-refractivity contribution < 1.29 is 26.3 Å². The van der Waals surface area contributed by atoms with Gasteiger partial charge in [-0.1, -0.05) is 20.8 Å². The molecule has 21 heavy (non-hydrogen) atoms. The van der Waals surface area contributed by atoms with Gasteiger partial charge < -0.3 is 0 Å². The van der Waals surface area contributed by atoms with Crippen LogP contribution in [0, 0.1) is 0 Å². The summed E-state index contributed by atoms with van der Waals surface area (Å²) in [5.74, 6) is 0. The van der Waals surface area contributed by atoms with Gasteiger partial charge in [-0.2, -0.15) is 26.3 Å². The van der Waals surface area contributed by atoms with Gasteiger partial charge in [0.05, 0.1) is 5.69 Å². The number of hydrogen-bond acceptors (Lipinski definition) is 2. The lowest BCUT2D eigenvalue weighted by Gasteiger charge is -2.19. The standard InChI is InChI=1S/C12H11F6N3/c1-10(2,3)8-9(12(16,17)18)21-5-19-6(11(13,14)15)4-7(21)20-8/h4-5H,1-3H3. The molecule has 0 aromatic carbocycles. The van der Waals surface area contributed by atoms with Crippen molar-refractivity contribution in [3.05, 3.63) is 29.5 Å². The summed E-state index contributed by atoms with van der Waals surface area (Å²) in [6.07, 6.45) is -8.99. The van der Waals surface area contributed by atoms with E-state index in [9.17, 15) is 26.3 Å². The summed E-state index contributed by atoms with van der Waals surface area (Å²) in [5, 5.41) is 0. The van der Waals surface area contributed by atoms with Crippen LogP contribution in [-0.4, -0.2) is 14.4 Å². The molecule has 2 heterocycles. The van der Waals surface area contributed by atoms with Crippen molar-refractivity contribution in [2.75, 3.05) is 0 Å². The third-order valence-electron chi connectivity index (χ3n) is 2.79. The van der Waals surface area contributed by atoms with E-state index in [4.69, 9.17) is 0 Å². The summed E-state index contributed by atoms with van der Waals surface area (Å²) in [5.41, 5.74) is -4.12. The lowest BCUT2D eigenvalue weighted by molar-refractivity contribution is -0.143. The van der Waals surface area contributed by atoms with Gasteiger partial charge in [-0.25, -0.2) is 9.97 Å². The molecular formula is C12H11F6N3. The Morgan fingerprint density at radius 3 is 1.95 bits per heavy atom. The lowest BCUT2D eigenvalue weighted by atomic mass is 9.90. The molecule has 0 aliphatic carbocycles. The van der Waals surface area contributed by atoms with Gasteiger partial charge in [-0.15, -0.1) is 0 Å². The number of aromatic nitrogens is 3. The first-order chi connectivity index (χ1) is 9.32. The topological polar surface area (TPSA) is 30.2 Å². The van der Waals surface area contributed by atoms with Gasteiger partial charge in [-0.05, 0) is 0 Å². The second kappa shape index (κ2) is 4.35. The molecule has 0 unspecified atom stereocenters. The monoisotopic (exact) mass is 311 g/mol. The third kappa shape index (κ3) is 2.81. The van der Waals surface area contributed by atoms with Crippen molar-refractivity contribution in [3.8, 4) is 0 Å². The van der Waals surface area contributed by atoms with Gasteiger partial charge in [0.2, 0.25) is 0 Å². The van der Waals surface area contributed by atoms with Crippen molar-refractivity contribution in [2.24, 2.45) is 0 Å². The van der Waals surface area contributed by atoms with Crippen LogP contribution in [0.5, 0.6) is 0 Å². The predicted molar refractivity (Wildman–Crippen MR) is 61.7 cm³/mol. The van der Waals surface area contributed by atoms with Crippen LogP contribution in [-0.2, 0) is 17.8 Å². The predicted octanol–water partition coefficient (Wildman–Crippen LogP) is 4.06. The van der Waals surface area contributed by atoms with Crippen molar-refractivity contribution in [3.63, 3.8) is 0 Å². The molecule has 2 rings (SSSR count). The van der Waals surface area contributed by atoms with Crippen molar-refractivity contribution in [1.82, 2.24) is 14.4 Å². The average molecular weight is 311 g/mol. The normalized spacial score (nSPS) is 14.0. The van der Waals surface area contributed by atoms with Crippen molar-refractivity contribution in [2.45, 2.75) is 38.5 Å². The number of imidazole rings is 1. The number of rotatable bonds is 0. The number of halogens is 6. The fourth-order valence-electron chi connectivity index (χ4n) is 1.90. The Morgan fingerprint density at radius 2 is 1.52 bits per heavy atom. The van der Waals surface area contributed by atoms with E-state index in [2.05, 4.69) is 9.97 Å². The van der Waals surface area contributed by atoms with Crippen molar-refractivity contribution >= 4 is 5.65 Å². The van der Waals surface area contributed by atoms with Crippen LogP contribution in [0.15, 0.2) is 12.4 Å². The van der Waals surface area contributed by atoms with Crippen LogP contribution < -0.4 is 0 Å². The molecule has 0 aliphatic heterocycles. The highest BCUT2D eigenvalue weighted by Gasteiger charge is 2.42. The van der Waals surface area contributed by atoms with Crippen LogP contribution >= 0.6 is 0 Å². The second-order valence-electron chi connectivity index (χ2n) is 5.56. The quantitative estimate of drug-likeness (QED) is 0.687. The molecule has 3 nitrogen and oxygen atoms in total. The fraction of sp³-hybridized carbons (Fsp3) is 0.500. The first-order valence-corrected chi connectivity index (χ1v) is 5.85. The zero-order chi connectivity index (χ0) is 16.2. The molecule has 0 spiro atoms. The molecule has 0 fully saturated rings. The van der Waals surface area contributed by atoms with Crippen LogP contribution in [0.4, 0.5) is 26.3 Å². The van der Waals surface area contributed by atoms with Gasteiger partial charge in [0.1, 0.15) is 17.7 Å². The van der Waals surface area contributed by atoms with Crippen molar-refractivity contribution in [1.29, 1.82) is 0 Å². The molecule has 0 amide bonds. The molecule has 0 saturated heterocycles. The number of fused-ring (bicyclic) bond motifs is 1. The Labute approximate surface area is 115 Å². The highest BCUT2D eigenvalue weighted by Crippen LogP contribution is 2.38. The summed E-state index contributed by atoms with van der Waals surface area (Å²) >= 11 is 0. The first kappa shape index (κ1) is 15.6. The number of nitrogens with zero attached hydrogens (tertiary/aromatic N) is 3. The maximum absolute atomic E-state index is 13.2. The van der Waals surface area contributed by atoms with Gasteiger partial charge in [0, 0.05) is 11.5 Å². The van der Waals surface area contributed by atoms with Crippen LogP contribution in [0.1, 0.15) is 37.9 Å². The molecule has 2 aromatic rings. The van der Waals surface area contributed by atoms with E-state index >= 15 is 0 Å². The molecule has 0 radical (unpaired) electrons. The summed E-state index contributed by atoms with van der Waals surface area (Å²) in [7, 11) is 0. The van der Waals surface area contributed by atoms with Gasteiger partial charge in [0.25, 0.3) is 0 Å². The third-order valence-corrected chi connectivity index (χ3v) is 2.79. The molecular weight excluding hydrogens is 300 g/mol. The van der Waals surface area contributed by atoms with Gasteiger partial charge >= 0.3 is 12.4 Å². The van der Waals surface area contributed by atoms with E-state index in [-0.39, 0.29) is 5.69 Å². The SMILES string of the molecule is CC(C)(C)c1nc2cc(C(F)(F)F)ncn2c1C(F)(F)F. The highest BCUT2D eigenvalue weighted by molar-refractivity contribution is 5.46. The fourth-order valence-corrected chi connectivity index (χ4v) is 1.90. The zero-order valence-corrected chi connectivity index (χ0v) is 11.3. The van der Waals surface area contributed by atoms with Crippen LogP contribution in [0.2, 0.25) is 0 Å². The summed E-state index contributed by atoms with van der Waals surface area (Å²) in [6, 6.07) is 0.504. The van der Waals surface area contributed by atoms with E-state index in [0.717, 1.165) is 0 Å². The van der Waals surface area contributed by atoms with Gasteiger partial charge in [-0.3, -0.25) is 4.40 Å². The maximum Gasteiger partial charge on any atom is 0.433 e. The minimum Gasteiger partial charge on any atom is -0.279 e. The van der Waals surface area contributed by atoms with Crippen LogP contribution in [0.3, 0.4) is 0 Å². The first-order valence-electron chi connectivity index (χ1n) is 5.85. The average Bonchev–Trinajstić information content (AvgIpc) is 2.64. The zero-order valence-electron chi connectivity index (χ0n) is 11.3. The maximum atomic E-state index is 13.2. The summed E-state index contributed by atoms with van der Waals surface area (Å²) in [6.45, 7) is 4.51. The van der Waals surface area contributed by atoms with E-state index in [1.807, 2.05) is 0 Å². The molecule has 116 valence electrons. The molecule has 0 saturated carbocycles.